The van der Waals surface area contributed by atoms with Gasteiger partial charge in [-0.25, -0.2) is 0 Å². The van der Waals surface area contributed by atoms with Gasteiger partial charge in [0.15, 0.2) is 0 Å². The number of aliphatic hydroxyl groups excluding tert-OH is 1. The minimum absolute atomic E-state index is 0.318. The summed E-state index contributed by atoms with van der Waals surface area (Å²) in [5, 5.41) is 13.0. The van der Waals surface area contributed by atoms with Crippen LogP contribution in [0.4, 0.5) is 0 Å². The Hall–Kier alpha value is -0.860. The molecule has 19 heavy (non-hydrogen) atoms. The van der Waals surface area contributed by atoms with Crippen LogP contribution in [0.15, 0.2) is 30.3 Å². The standard InChI is InChI=1S/C17H27NO/c19-14-17(11-15-7-3-1-4-8-15)13-18-12-16-9-5-2-6-10-16/h2,5-6,9-10,15,17-19H,1,3-4,7-8,11-14H2/t17-/m0/s1. The first kappa shape index (κ1) is 14.5. The highest BCUT2D eigenvalue weighted by atomic mass is 16.3. The largest absolute Gasteiger partial charge is 0.396 e. The first-order chi connectivity index (χ1) is 9.38. The minimum atomic E-state index is 0.318. The zero-order chi connectivity index (χ0) is 13.3. The predicted molar refractivity (Wildman–Crippen MR) is 79.9 cm³/mol. The zero-order valence-electron chi connectivity index (χ0n) is 11.9. The summed E-state index contributed by atoms with van der Waals surface area (Å²) < 4.78 is 0. The molecule has 1 saturated carbocycles. The second kappa shape index (κ2) is 8.34. The topological polar surface area (TPSA) is 32.3 Å². The number of aliphatic hydroxyl groups is 1. The Morgan fingerprint density at radius 2 is 1.84 bits per heavy atom. The van der Waals surface area contributed by atoms with Crippen LogP contribution in [-0.2, 0) is 6.54 Å². The molecular weight excluding hydrogens is 234 g/mol. The van der Waals surface area contributed by atoms with Crippen LogP contribution in [0.2, 0.25) is 0 Å². The molecule has 0 amide bonds. The molecule has 0 heterocycles. The minimum Gasteiger partial charge on any atom is -0.396 e. The smallest absolute Gasteiger partial charge is 0.0471 e. The lowest BCUT2D eigenvalue weighted by atomic mass is 9.83. The van der Waals surface area contributed by atoms with E-state index in [-0.39, 0.29) is 0 Å². The van der Waals surface area contributed by atoms with Gasteiger partial charge >= 0.3 is 0 Å². The molecule has 0 aliphatic heterocycles. The first-order valence-electron chi connectivity index (χ1n) is 7.74. The molecule has 1 fully saturated rings. The van der Waals surface area contributed by atoms with Crippen LogP contribution < -0.4 is 5.32 Å². The van der Waals surface area contributed by atoms with Gasteiger partial charge in [-0.2, -0.15) is 0 Å². The zero-order valence-corrected chi connectivity index (χ0v) is 11.9. The summed E-state index contributed by atoms with van der Waals surface area (Å²) in [5.41, 5.74) is 1.32. The SMILES string of the molecule is OC[C@H](CNCc1ccccc1)CC1CCCCC1. The Morgan fingerprint density at radius 3 is 2.53 bits per heavy atom. The predicted octanol–water partition coefficient (Wildman–Crippen LogP) is 3.36. The Bertz CT molecular complexity index is 332. The van der Waals surface area contributed by atoms with E-state index in [2.05, 4.69) is 29.6 Å². The van der Waals surface area contributed by atoms with Crippen molar-refractivity contribution in [2.24, 2.45) is 11.8 Å². The van der Waals surface area contributed by atoms with Gasteiger partial charge in [0.25, 0.3) is 0 Å². The second-order valence-corrected chi connectivity index (χ2v) is 5.90. The number of hydrogen-bond donors (Lipinski definition) is 2. The van der Waals surface area contributed by atoms with E-state index in [1.54, 1.807) is 0 Å². The summed E-state index contributed by atoms with van der Waals surface area (Å²) in [7, 11) is 0. The molecule has 2 heteroatoms. The van der Waals surface area contributed by atoms with Gasteiger partial charge in [-0.3, -0.25) is 0 Å². The van der Waals surface area contributed by atoms with Gasteiger partial charge in [-0.05, 0) is 23.8 Å². The number of benzene rings is 1. The average Bonchev–Trinajstić information content (AvgIpc) is 2.48. The molecule has 1 aliphatic carbocycles. The summed E-state index contributed by atoms with van der Waals surface area (Å²) >= 11 is 0. The number of nitrogens with one attached hydrogen (secondary N) is 1. The highest BCUT2D eigenvalue weighted by Gasteiger charge is 2.18. The van der Waals surface area contributed by atoms with Crippen molar-refractivity contribution in [1.29, 1.82) is 0 Å². The van der Waals surface area contributed by atoms with Crippen LogP contribution in [-0.4, -0.2) is 18.3 Å². The molecule has 106 valence electrons. The van der Waals surface area contributed by atoms with Crippen molar-refractivity contribution in [3.8, 4) is 0 Å². The lowest BCUT2D eigenvalue weighted by Crippen LogP contribution is -2.27. The van der Waals surface area contributed by atoms with E-state index in [0.717, 1.165) is 19.0 Å². The van der Waals surface area contributed by atoms with Crippen molar-refractivity contribution < 1.29 is 5.11 Å². The van der Waals surface area contributed by atoms with E-state index in [0.29, 0.717) is 12.5 Å². The van der Waals surface area contributed by atoms with Crippen LogP contribution in [0.1, 0.15) is 44.1 Å². The van der Waals surface area contributed by atoms with Crippen molar-refractivity contribution in [1.82, 2.24) is 5.32 Å². The third kappa shape index (κ3) is 5.33. The van der Waals surface area contributed by atoms with Crippen LogP contribution >= 0.6 is 0 Å². The maximum Gasteiger partial charge on any atom is 0.0471 e. The molecule has 1 aromatic carbocycles. The van der Waals surface area contributed by atoms with Crippen LogP contribution in [0, 0.1) is 11.8 Å². The molecule has 0 spiro atoms. The Kier molecular flexibility index (Phi) is 6.38. The Morgan fingerprint density at radius 1 is 1.11 bits per heavy atom. The van der Waals surface area contributed by atoms with Crippen LogP contribution in [0.5, 0.6) is 0 Å². The average molecular weight is 261 g/mol. The highest BCUT2D eigenvalue weighted by Crippen LogP contribution is 2.28. The normalized spacial score (nSPS) is 18.4. The molecule has 1 atom stereocenters. The molecule has 1 aliphatic rings. The summed E-state index contributed by atoms with van der Waals surface area (Å²) in [6.45, 7) is 2.15. The molecule has 0 aromatic heterocycles. The molecule has 2 N–H and O–H groups in total. The molecule has 2 rings (SSSR count). The lowest BCUT2D eigenvalue weighted by molar-refractivity contribution is 0.182. The van der Waals surface area contributed by atoms with Crippen molar-refractivity contribution in [3.05, 3.63) is 35.9 Å². The fourth-order valence-corrected chi connectivity index (χ4v) is 3.13. The van der Waals surface area contributed by atoms with E-state index in [1.807, 2.05) is 6.07 Å². The maximum atomic E-state index is 9.51. The van der Waals surface area contributed by atoms with Crippen molar-refractivity contribution in [2.75, 3.05) is 13.2 Å². The summed E-state index contributed by atoms with van der Waals surface area (Å²) in [4.78, 5) is 0. The monoisotopic (exact) mass is 261 g/mol. The molecule has 2 nitrogen and oxygen atoms in total. The van der Waals surface area contributed by atoms with Gasteiger partial charge < -0.3 is 10.4 Å². The van der Waals surface area contributed by atoms with Crippen molar-refractivity contribution >= 4 is 0 Å². The number of rotatable bonds is 7. The quantitative estimate of drug-likeness (QED) is 0.789. The fourth-order valence-electron chi connectivity index (χ4n) is 3.13. The fraction of sp³-hybridized carbons (Fsp3) is 0.647. The maximum absolute atomic E-state index is 9.51. The molecule has 1 aromatic rings. The van der Waals surface area contributed by atoms with Crippen molar-refractivity contribution in [2.45, 2.75) is 45.1 Å². The third-order valence-electron chi connectivity index (χ3n) is 4.25. The van der Waals surface area contributed by atoms with Gasteiger partial charge in [0, 0.05) is 19.7 Å². The van der Waals surface area contributed by atoms with Gasteiger partial charge in [0.2, 0.25) is 0 Å². The van der Waals surface area contributed by atoms with Crippen LogP contribution in [0.25, 0.3) is 0 Å². The Balaban J connectivity index is 1.67. The third-order valence-corrected chi connectivity index (χ3v) is 4.25. The van der Waals surface area contributed by atoms with Gasteiger partial charge in [-0.1, -0.05) is 62.4 Å². The lowest BCUT2D eigenvalue weighted by Gasteiger charge is -2.25. The van der Waals surface area contributed by atoms with E-state index < -0.39 is 0 Å². The molecular formula is C17H27NO. The van der Waals surface area contributed by atoms with Gasteiger partial charge in [0.1, 0.15) is 0 Å². The van der Waals surface area contributed by atoms with Gasteiger partial charge in [0.05, 0.1) is 0 Å². The first-order valence-corrected chi connectivity index (χ1v) is 7.74. The summed E-state index contributed by atoms with van der Waals surface area (Å²) in [6.07, 6.45) is 8.12. The van der Waals surface area contributed by atoms with E-state index >= 15 is 0 Å². The van der Waals surface area contributed by atoms with Crippen LogP contribution in [0.3, 0.4) is 0 Å². The van der Waals surface area contributed by atoms with Crippen molar-refractivity contribution in [3.63, 3.8) is 0 Å². The Labute approximate surface area is 117 Å². The van der Waals surface area contributed by atoms with Gasteiger partial charge in [-0.15, -0.1) is 0 Å². The second-order valence-electron chi connectivity index (χ2n) is 5.90. The molecule has 0 unspecified atom stereocenters. The molecule has 0 radical (unpaired) electrons. The molecule has 0 saturated heterocycles. The summed E-state index contributed by atoms with van der Waals surface area (Å²) in [6, 6.07) is 10.5. The van der Waals surface area contributed by atoms with E-state index in [4.69, 9.17) is 0 Å². The number of hydrogen-bond acceptors (Lipinski definition) is 2. The van der Waals surface area contributed by atoms with E-state index in [9.17, 15) is 5.11 Å². The molecule has 0 bridgehead atoms. The summed E-state index contributed by atoms with van der Waals surface area (Å²) in [5.74, 6) is 1.27. The highest BCUT2D eigenvalue weighted by molar-refractivity contribution is 5.14. The van der Waals surface area contributed by atoms with E-state index in [1.165, 1.54) is 44.1 Å².